The molecule has 2 rings (SSSR count). The van der Waals surface area contributed by atoms with Crippen LogP contribution in [-0.2, 0) is 0 Å². The number of aldehydes is 1. The molecule has 0 fully saturated rings. The van der Waals surface area contributed by atoms with Crippen LogP contribution in [0.3, 0.4) is 0 Å². The van der Waals surface area contributed by atoms with Crippen molar-refractivity contribution in [1.29, 1.82) is 0 Å². The van der Waals surface area contributed by atoms with Crippen molar-refractivity contribution in [3.8, 4) is 10.4 Å². The van der Waals surface area contributed by atoms with Crippen LogP contribution in [0.5, 0.6) is 0 Å². The maximum absolute atomic E-state index is 10.8. The molecule has 0 spiro atoms. The standard InChI is InChI=1S/C14H14OS/c1-9-4-5-10(2)13(6-9)14-11(3)7-12(8-15)16-14/h4-8H,1-3H3. The zero-order chi connectivity index (χ0) is 11.7. The summed E-state index contributed by atoms with van der Waals surface area (Å²) in [6.07, 6.45) is 0.923. The minimum absolute atomic E-state index is 0.799. The number of aryl methyl sites for hydroxylation is 3. The van der Waals surface area contributed by atoms with Gasteiger partial charge in [0.1, 0.15) is 0 Å². The molecule has 0 saturated carbocycles. The third-order valence-corrected chi connectivity index (χ3v) is 3.89. The summed E-state index contributed by atoms with van der Waals surface area (Å²) < 4.78 is 0. The first-order chi connectivity index (χ1) is 7.61. The molecule has 0 N–H and O–H groups in total. The van der Waals surface area contributed by atoms with Crippen LogP contribution in [0.15, 0.2) is 24.3 Å². The number of hydrogen-bond donors (Lipinski definition) is 0. The van der Waals surface area contributed by atoms with Crippen molar-refractivity contribution >= 4 is 17.6 Å². The van der Waals surface area contributed by atoms with Crippen molar-refractivity contribution in [3.05, 3.63) is 45.8 Å². The molecule has 0 atom stereocenters. The summed E-state index contributed by atoms with van der Waals surface area (Å²) in [5, 5.41) is 0. The van der Waals surface area contributed by atoms with E-state index < -0.39 is 0 Å². The van der Waals surface area contributed by atoms with Gasteiger partial charge in [0, 0.05) is 4.88 Å². The van der Waals surface area contributed by atoms with E-state index in [1.165, 1.54) is 27.1 Å². The molecule has 0 saturated heterocycles. The molecule has 1 nitrogen and oxygen atoms in total. The summed E-state index contributed by atoms with van der Waals surface area (Å²) in [6.45, 7) is 6.25. The largest absolute Gasteiger partial charge is 0.297 e. The van der Waals surface area contributed by atoms with Crippen LogP contribution >= 0.6 is 11.3 Å². The second-order valence-corrected chi connectivity index (χ2v) is 5.18. The average molecular weight is 230 g/mol. The lowest BCUT2D eigenvalue weighted by atomic mass is 10.0. The van der Waals surface area contributed by atoms with E-state index in [9.17, 15) is 4.79 Å². The Bertz CT molecular complexity index is 538. The highest BCUT2D eigenvalue weighted by atomic mass is 32.1. The summed E-state index contributed by atoms with van der Waals surface area (Å²) in [5.74, 6) is 0. The number of carbonyl (C=O) groups is 1. The summed E-state index contributed by atoms with van der Waals surface area (Å²) in [5.41, 5.74) is 4.94. The molecular formula is C14H14OS. The molecule has 0 aliphatic carbocycles. The number of thiophene rings is 1. The Morgan fingerprint density at radius 2 is 1.81 bits per heavy atom. The van der Waals surface area contributed by atoms with Crippen LogP contribution in [0, 0.1) is 20.8 Å². The van der Waals surface area contributed by atoms with Crippen molar-refractivity contribution in [2.45, 2.75) is 20.8 Å². The van der Waals surface area contributed by atoms with Gasteiger partial charge in [-0.25, -0.2) is 0 Å². The van der Waals surface area contributed by atoms with Crippen molar-refractivity contribution in [3.63, 3.8) is 0 Å². The number of benzene rings is 1. The van der Waals surface area contributed by atoms with Crippen LogP contribution in [-0.4, -0.2) is 6.29 Å². The zero-order valence-corrected chi connectivity index (χ0v) is 10.5. The fourth-order valence-corrected chi connectivity index (χ4v) is 2.88. The van der Waals surface area contributed by atoms with E-state index in [1.807, 2.05) is 6.07 Å². The topological polar surface area (TPSA) is 17.1 Å². The molecule has 0 bridgehead atoms. The van der Waals surface area contributed by atoms with E-state index in [4.69, 9.17) is 0 Å². The van der Waals surface area contributed by atoms with Gasteiger partial charge in [0.05, 0.1) is 4.88 Å². The van der Waals surface area contributed by atoms with Crippen LogP contribution < -0.4 is 0 Å². The van der Waals surface area contributed by atoms with Crippen molar-refractivity contribution in [1.82, 2.24) is 0 Å². The Labute approximate surface area is 99.8 Å². The molecule has 0 unspecified atom stereocenters. The minimum atomic E-state index is 0.799. The lowest BCUT2D eigenvalue weighted by Gasteiger charge is -2.06. The Balaban J connectivity index is 2.61. The van der Waals surface area contributed by atoms with Gasteiger partial charge in [-0.2, -0.15) is 0 Å². The summed E-state index contributed by atoms with van der Waals surface area (Å²) in [6, 6.07) is 8.38. The molecule has 0 radical (unpaired) electrons. The second-order valence-electron chi connectivity index (χ2n) is 4.10. The van der Waals surface area contributed by atoms with Crippen molar-refractivity contribution in [2.75, 3.05) is 0 Å². The molecule has 16 heavy (non-hydrogen) atoms. The van der Waals surface area contributed by atoms with Gasteiger partial charge < -0.3 is 0 Å². The van der Waals surface area contributed by atoms with E-state index in [2.05, 4.69) is 39.0 Å². The van der Waals surface area contributed by atoms with Crippen LogP contribution in [0.4, 0.5) is 0 Å². The van der Waals surface area contributed by atoms with Gasteiger partial charge in [0.15, 0.2) is 6.29 Å². The molecule has 2 aromatic rings. The first kappa shape index (κ1) is 11.1. The van der Waals surface area contributed by atoms with Gasteiger partial charge in [-0.3, -0.25) is 4.79 Å². The van der Waals surface area contributed by atoms with Crippen LogP contribution in [0.2, 0.25) is 0 Å². The van der Waals surface area contributed by atoms with Gasteiger partial charge in [0.25, 0.3) is 0 Å². The van der Waals surface area contributed by atoms with E-state index in [1.54, 1.807) is 11.3 Å². The Kier molecular flexibility index (Phi) is 2.92. The summed E-state index contributed by atoms with van der Waals surface area (Å²) >= 11 is 1.57. The van der Waals surface area contributed by atoms with E-state index in [0.29, 0.717) is 0 Å². The van der Waals surface area contributed by atoms with E-state index in [-0.39, 0.29) is 0 Å². The van der Waals surface area contributed by atoms with E-state index >= 15 is 0 Å². The van der Waals surface area contributed by atoms with Crippen molar-refractivity contribution in [2.24, 2.45) is 0 Å². The summed E-state index contributed by atoms with van der Waals surface area (Å²) in [7, 11) is 0. The Morgan fingerprint density at radius 1 is 1.06 bits per heavy atom. The maximum atomic E-state index is 10.8. The smallest absolute Gasteiger partial charge is 0.160 e. The van der Waals surface area contributed by atoms with Gasteiger partial charge in [-0.1, -0.05) is 23.8 Å². The average Bonchev–Trinajstić information content (AvgIpc) is 2.63. The highest BCUT2D eigenvalue weighted by Crippen LogP contribution is 2.34. The molecule has 0 aliphatic heterocycles. The molecule has 2 heteroatoms. The zero-order valence-electron chi connectivity index (χ0n) is 9.70. The predicted molar refractivity (Wildman–Crippen MR) is 69.4 cm³/mol. The Morgan fingerprint density at radius 3 is 2.44 bits per heavy atom. The first-order valence-electron chi connectivity index (χ1n) is 5.25. The first-order valence-corrected chi connectivity index (χ1v) is 6.06. The van der Waals surface area contributed by atoms with Gasteiger partial charge in [0.2, 0.25) is 0 Å². The quantitative estimate of drug-likeness (QED) is 0.708. The lowest BCUT2D eigenvalue weighted by Crippen LogP contribution is -1.83. The minimum Gasteiger partial charge on any atom is -0.297 e. The lowest BCUT2D eigenvalue weighted by molar-refractivity contribution is 0.112. The highest BCUT2D eigenvalue weighted by Gasteiger charge is 2.09. The van der Waals surface area contributed by atoms with E-state index in [0.717, 1.165) is 11.2 Å². The summed E-state index contributed by atoms with van der Waals surface area (Å²) in [4.78, 5) is 12.8. The van der Waals surface area contributed by atoms with Crippen LogP contribution in [0.25, 0.3) is 10.4 Å². The molecule has 82 valence electrons. The predicted octanol–water partition coefficient (Wildman–Crippen LogP) is 4.15. The molecule has 1 heterocycles. The number of carbonyl (C=O) groups excluding carboxylic acids is 1. The van der Waals surface area contributed by atoms with Gasteiger partial charge in [-0.05, 0) is 43.5 Å². The highest BCUT2D eigenvalue weighted by molar-refractivity contribution is 7.17. The van der Waals surface area contributed by atoms with Crippen molar-refractivity contribution < 1.29 is 4.79 Å². The normalized spacial score (nSPS) is 10.4. The number of hydrogen-bond acceptors (Lipinski definition) is 2. The maximum Gasteiger partial charge on any atom is 0.160 e. The third kappa shape index (κ3) is 1.93. The SMILES string of the molecule is Cc1ccc(C)c(-c2sc(C=O)cc2C)c1. The second kappa shape index (κ2) is 4.22. The monoisotopic (exact) mass is 230 g/mol. The van der Waals surface area contributed by atoms with Crippen LogP contribution in [0.1, 0.15) is 26.4 Å². The molecule has 1 aromatic heterocycles. The molecule has 0 amide bonds. The van der Waals surface area contributed by atoms with Gasteiger partial charge in [-0.15, -0.1) is 11.3 Å². The molecule has 1 aromatic carbocycles. The fraction of sp³-hybridized carbons (Fsp3) is 0.214. The Hall–Kier alpha value is -1.41. The molecule has 0 aliphatic rings. The van der Waals surface area contributed by atoms with Gasteiger partial charge >= 0.3 is 0 Å². The number of rotatable bonds is 2. The third-order valence-electron chi connectivity index (χ3n) is 2.69. The molecular weight excluding hydrogens is 216 g/mol. The fourth-order valence-electron chi connectivity index (χ4n) is 1.81.